The van der Waals surface area contributed by atoms with Crippen molar-refractivity contribution in [2.45, 2.75) is 6.10 Å². The molecule has 0 spiro atoms. The number of aromatic nitrogens is 1. The maximum atomic E-state index is 12.3. The van der Waals surface area contributed by atoms with E-state index in [9.17, 15) is 9.59 Å². The number of hydrogen-bond acceptors (Lipinski definition) is 4. The summed E-state index contributed by atoms with van der Waals surface area (Å²) >= 11 is 5.83. The fourth-order valence-electron chi connectivity index (χ4n) is 1.98. The monoisotopic (exact) mass is 297 g/mol. The molecule has 2 heterocycles. The van der Waals surface area contributed by atoms with Crippen LogP contribution in [0.2, 0.25) is 5.02 Å². The lowest BCUT2D eigenvalue weighted by Gasteiger charge is -2.33. The van der Waals surface area contributed by atoms with E-state index in [-0.39, 0.29) is 18.4 Å². The number of nitrogens with zero attached hydrogens (tertiary/aromatic N) is 3. The van der Waals surface area contributed by atoms with Gasteiger partial charge in [0.2, 0.25) is 0 Å². The first-order chi connectivity index (χ1) is 9.49. The largest absolute Gasteiger partial charge is 0.365 e. The summed E-state index contributed by atoms with van der Waals surface area (Å²) in [5.74, 6) is -0.341. The van der Waals surface area contributed by atoms with E-state index in [2.05, 4.69) is 4.98 Å². The van der Waals surface area contributed by atoms with Crippen molar-refractivity contribution in [2.24, 2.45) is 0 Å². The average molecular weight is 298 g/mol. The van der Waals surface area contributed by atoms with E-state index in [4.69, 9.17) is 16.3 Å². The van der Waals surface area contributed by atoms with Crippen LogP contribution in [0.5, 0.6) is 0 Å². The maximum Gasteiger partial charge on any atom is 0.255 e. The van der Waals surface area contributed by atoms with E-state index in [1.807, 2.05) is 0 Å². The third-order valence-electron chi connectivity index (χ3n) is 3.02. The Hall–Kier alpha value is -1.66. The summed E-state index contributed by atoms with van der Waals surface area (Å²) in [4.78, 5) is 31.2. The zero-order chi connectivity index (χ0) is 14.7. The fourth-order valence-corrected chi connectivity index (χ4v) is 2.16. The molecule has 6 nitrogen and oxygen atoms in total. The molecule has 1 aromatic heterocycles. The SMILES string of the molecule is CN(C)C(=O)[C@@H]1CN(C(=O)c2cncc(Cl)c2)CCO1. The van der Waals surface area contributed by atoms with E-state index in [1.54, 1.807) is 25.1 Å². The summed E-state index contributed by atoms with van der Waals surface area (Å²) in [7, 11) is 3.32. The highest BCUT2D eigenvalue weighted by atomic mass is 35.5. The molecule has 20 heavy (non-hydrogen) atoms. The number of carbonyl (C=O) groups excluding carboxylic acids is 2. The minimum Gasteiger partial charge on any atom is -0.365 e. The molecule has 2 amide bonds. The molecule has 0 radical (unpaired) electrons. The highest BCUT2D eigenvalue weighted by molar-refractivity contribution is 6.30. The topological polar surface area (TPSA) is 62.7 Å². The molecule has 0 saturated carbocycles. The lowest BCUT2D eigenvalue weighted by Crippen LogP contribution is -2.51. The van der Waals surface area contributed by atoms with Gasteiger partial charge in [-0.25, -0.2) is 0 Å². The van der Waals surface area contributed by atoms with Crippen LogP contribution in [0, 0.1) is 0 Å². The zero-order valence-electron chi connectivity index (χ0n) is 11.4. The van der Waals surface area contributed by atoms with Gasteiger partial charge in [0.1, 0.15) is 0 Å². The number of pyridine rings is 1. The molecule has 0 bridgehead atoms. The van der Waals surface area contributed by atoms with Crippen molar-refractivity contribution in [2.75, 3.05) is 33.8 Å². The van der Waals surface area contributed by atoms with Gasteiger partial charge >= 0.3 is 0 Å². The van der Waals surface area contributed by atoms with Gasteiger partial charge in [-0.2, -0.15) is 0 Å². The molecule has 2 rings (SSSR count). The van der Waals surface area contributed by atoms with E-state index >= 15 is 0 Å². The van der Waals surface area contributed by atoms with E-state index in [1.165, 1.54) is 17.3 Å². The average Bonchev–Trinajstić information content (AvgIpc) is 2.45. The number of likely N-dealkylation sites (N-methyl/N-ethyl adjacent to an activating group) is 1. The third-order valence-corrected chi connectivity index (χ3v) is 3.23. The molecular formula is C13H16ClN3O3. The Kier molecular flexibility index (Phi) is 4.57. The Morgan fingerprint density at radius 2 is 2.20 bits per heavy atom. The molecule has 1 aromatic rings. The maximum absolute atomic E-state index is 12.3. The summed E-state index contributed by atoms with van der Waals surface area (Å²) < 4.78 is 5.41. The first kappa shape index (κ1) is 14.7. The molecule has 1 atom stereocenters. The van der Waals surface area contributed by atoms with Crippen LogP contribution in [0.25, 0.3) is 0 Å². The second-order valence-corrected chi connectivity index (χ2v) is 5.17. The van der Waals surface area contributed by atoms with E-state index in [0.717, 1.165) is 0 Å². The third kappa shape index (κ3) is 3.26. The van der Waals surface area contributed by atoms with Crippen LogP contribution in [0.1, 0.15) is 10.4 Å². The Labute approximate surface area is 122 Å². The van der Waals surface area contributed by atoms with Crippen LogP contribution in [-0.4, -0.2) is 66.5 Å². The number of morpholine rings is 1. The normalized spacial score (nSPS) is 18.8. The molecule has 0 unspecified atom stereocenters. The second kappa shape index (κ2) is 6.19. The molecule has 1 aliphatic rings. The van der Waals surface area contributed by atoms with Gasteiger partial charge in [-0.1, -0.05) is 11.6 Å². The minimum absolute atomic E-state index is 0.147. The van der Waals surface area contributed by atoms with Crippen molar-refractivity contribution in [1.29, 1.82) is 0 Å². The predicted molar refractivity (Wildman–Crippen MR) is 73.6 cm³/mol. The van der Waals surface area contributed by atoms with E-state index in [0.29, 0.717) is 23.7 Å². The lowest BCUT2D eigenvalue weighted by molar-refractivity contribution is -0.145. The summed E-state index contributed by atoms with van der Waals surface area (Å²) in [6.45, 7) is 1.02. The van der Waals surface area contributed by atoms with Crippen LogP contribution in [-0.2, 0) is 9.53 Å². The highest BCUT2D eigenvalue weighted by Gasteiger charge is 2.30. The summed E-state index contributed by atoms with van der Waals surface area (Å²) in [5, 5.41) is 0.407. The zero-order valence-corrected chi connectivity index (χ0v) is 12.1. The van der Waals surface area contributed by atoms with Crippen LogP contribution in [0.3, 0.4) is 0 Å². The van der Waals surface area contributed by atoms with Crippen molar-refractivity contribution in [3.63, 3.8) is 0 Å². The first-order valence-electron chi connectivity index (χ1n) is 6.21. The second-order valence-electron chi connectivity index (χ2n) is 4.74. The van der Waals surface area contributed by atoms with Gasteiger partial charge in [0.05, 0.1) is 23.7 Å². The number of ether oxygens (including phenoxy) is 1. The van der Waals surface area contributed by atoms with Crippen LogP contribution < -0.4 is 0 Å². The standard InChI is InChI=1S/C13H16ClN3O3/c1-16(2)13(19)11-8-17(3-4-20-11)12(18)9-5-10(14)7-15-6-9/h5-7,11H,3-4,8H2,1-2H3/t11-/m0/s1. The van der Waals surface area contributed by atoms with Crippen molar-refractivity contribution in [1.82, 2.24) is 14.8 Å². The Morgan fingerprint density at radius 3 is 2.85 bits per heavy atom. The minimum atomic E-state index is -0.616. The Morgan fingerprint density at radius 1 is 1.45 bits per heavy atom. The van der Waals surface area contributed by atoms with Gasteiger partial charge in [-0.15, -0.1) is 0 Å². The summed E-state index contributed by atoms with van der Waals surface area (Å²) in [6, 6.07) is 1.56. The van der Waals surface area contributed by atoms with Gasteiger partial charge in [0.25, 0.3) is 11.8 Å². The molecular weight excluding hydrogens is 282 g/mol. The molecule has 108 valence electrons. The first-order valence-corrected chi connectivity index (χ1v) is 6.59. The molecule has 1 aliphatic heterocycles. The quantitative estimate of drug-likeness (QED) is 0.805. The lowest BCUT2D eigenvalue weighted by atomic mass is 10.2. The van der Waals surface area contributed by atoms with Gasteiger partial charge in [0.15, 0.2) is 6.10 Å². The molecule has 7 heteroatoms. The summed E-state index contributed by atoms with van der Waals surface area (Å²) in [5.41, 5.74) is 0.412. The molecule has 0 aromatic carbocycles. The van der Waals surface area contributed by atoms with Crippen molar-refractivity contribution >= 4 is 23.4 Å². The van der Waals surface area contributed by atoms with Gasteiger partial charge in [-0.05, 0) is 6.07 Å². The van der Waals surface area contributed by atoms with Crippen LogP contribution in [0.4, 0.5) is 0 Å². The van der Waals surface area contributed by atoms with Gasteiger partial charge < -0.3 is 14.5 Å². The number of hydrogen-bond donors (Lipinski definition) is 0. The van der Waals surface area contributed by atoms with Crippen molar-refractivity contribution < 1.29 is 14.3 Å². The van der Waals surface area contributed by atoms with Gasteiger partial charge in [-0.3, -0.25) is 14.6 Å². The molecule has 1 saturated heterocycles. The summed E-state index contributed by atoms with van der Waals surface area (Å²) in [6.07, 6.45) is 2.32. The number of halogens is 1. The van der Waals surface area contributed by atoms with Gasteiger partial charge in [0, 0.05) is 33.0 Å². The Bertz CT molecular complexity index is 521. The fraction of sp³-hybridized carbons (Fsp3) is 0.462. The van der Waals surface area contributed by atoms with Crippen molar-refractivity contribution in [3.8, 4) is 0 Å². The number of amides is 2. The molecule has 0 aliphatic carbocycles. The van der Waals surface area contributed by atoms with Crippen molar-refractivity contribution in [3.05, 3.63) is 29.0 Å². The smallest absolute Gasteiger partial charge is 0.255 e. The molecule has 0 N–H and O–H groups in total. The Balaban J connectivity index is 2.09. The predicted octanol–water partition coefficient (Wildman–Crippen LogP) is 0.664. The number of rotatable bonds is 2. The highest BCUT2D eigenvalue weighted by Crippen LogP contribution is 2.14. The van der Waals surface area contributed by atoms with E-state index < -0.39 is 6.10 Å². The number of carbonyl (C=O) groups is 2. The molecule has 1 fully saturated rings. The van der Waals surface area contributed by atoms with Crippen LogP contribution in [0.15, 0.2) is 18.5 Å². The van der Waals surface area contributed by atoms with Crippen LogP contribution >= 0.6 is 11.6 Å².